The van der Waals surface area contributed by atoms with Crippen molar-refractivity contribution in [1.82, 2.24) is 14.7 Å². The average Bonchev–Trinajstić information content (AvgIpc) is 3.00. The number of rotatable bonds is 4. The second-order valence-electron chi connectivity index (χ2n) is 5.69. The monoisotopic (exact) mass is 397 g/mol. The van der Waals surface area contributed by atoms with Crippen molar-refractivity contribution < 1.29 is 22.7 Å². The molecule has 0 spiro atoms. The van der Waals surface area contributed by atoms with E-state index in [9.17, 15) is 22.8 Å². The Morgan fingerprint density at radius 2 is 1.96 bits per heavy atom. The van der Waals surface area contributed by atoms with Crippen LogP contribution in [0.15, 0.2) is 41.5 Å². The first kappa shape index (κ1) is 18.9. The fraction of sp³-hybridized carbons (Fsp3) is 0.235. The van der Waals surface area contributed by atoms with Crippen molar-refractivity contribution in [3.8, 4) is 5.75 Å². The molecule has 2 heterocycles. The number of hydrogen-bond acceptors (Lipinski definition) is 5. The predicted molar refractivity (Wildman–Crippen MR) is 93.3 cm³/mol. The third-order valence-electron chi connectivity index (χ3n) is 3.82. The van der Waals surface area contributed by atoms with E-state index >= 15 is 0 Å². The van der Waals surface area contributed by atoms with E-state index in [1.165, 1.54) is 48.9 Å². The van der Waals surface area contributed by atoms with Crippen LogP contribution in [0.2, 0.25) is 0 Å². The Balaban J connectivity index is 1.95. The van der Waals surface area contributed by atoms with Crippen molar-refractivity contribution in [2.24, 2.45) is 0 Å². The molecular formula is C17H14F3N3O3S. The van der Waals surface area contributed by atoms with Crippen LogP contribution in [-0.4, -0.2) is 28.6 Å². The Labute approximate surface area is 155 Å². The maximum Gasteiger partial charge on any atom is 0.412 e. The van der Waals surface area contributed by atoms with Crippen LogP contribution >= 0.6 is 11.3 Å². The van der Waals surface area contributed by atoms with Crippen LogP contribution in [0.1, 0.15) is 26.8 Å². The van der Waals surface area contributed by atoms with Gasteiger partial charge < -0.3 is 10.1 Å². The lowest BCUT2D eigenvalue weighted by atomic mass is 10.1. The van der Waals surface area contributed by atoms with Gasteiger partial charge in [0.25, 0.3) is 11.5 Å². The second-order valence-corrected chi connectivity index (χ2v) is 6.91. The van der Waals surface area contributed by atoms with Gasteiger partial charge in [-0.05, 0) is 24.6 Å². The highest BCUT2D eigenvalue weighted by molar-refractivity contribution is 7.16. The normalized spacial score (nSPS) is 12.8. The molecule has 1 unspecified atom stereocenters. The number of fused-ring (bicyclic) bond motifs is 1. The molecule has 3 aromatic rings. The molecule has 0 radical (unpaired) electrons. The Morgan fingerprint density at radius 3 is 2.56 bits per heavy atom. The molecule has 0 bridgehead atoms. The van der Waals surface area contributed by atoms with Gasteiger partial charge in [0.2, 0.25) is 0 Å². The topological polar surface area (TPSA) is 72.7 Å². The zero-order valence-corrected chi connectivity index (χ0v) is 15.0. The molecule has 1 N–H and O–H groups in total. The molecule has 1 amide bonds. The fourth-order valence-corrected chi connectivity index (χ4v) is 3.30. The fourth-order valence-electron chi connectivity index (χ4n) is 2.51. The zero-order chi connectivity index (χ0) is 19.8. The number of halogens is 3. The summed E-state index contributed by atoms with van der Waals surface area (Å²) in [4.78, 5) is 29.9. The minimum absolute atomic E-state index is 0.183. The van der Waals surface area contributed by atoms with Crippen molar-refractivity contribution in [3.05, 3.63) is 63.0 Å². The van der Waals surface area contributed by atoms with Gasteiger partial charge in [0, 0.05) is 17.3 Å². The predicted octanol–water partition coefficient (Wildman–Crippen LogP) is 3.11. The van der Waals surface area contributed by atoms with E-state index in [0.717, 1.165) is 15.5 Å². The lowest BCUT2D eigenvalue weighted by Crippen LogP contribution is -2.40. The number of aryl methyl sites for hydroxylation is 1. The summed E-state index contributed by atoms with van der Waals surface area (Å²) in [7, 11) is 1.39. The molecule has 27 heavy (non-hydrogen) atoms. The molecule has 0 saturated carbocycles. The van der Waals surface area contributed by atoms with Crippen LogP contribution in [-0.2, 0) is 0 Å². The number of aromatic nitrogens is 2. The van der Waals surface area contributed by atoms with Crippen LogP contribution in [0.3, 0.4) is 0 Å². The Morgan fingerprint density at radius 1 is 1.30 bits per heavy atom. The number of thiazole rings is 1. The highest BCUT2D eigenvalue weighted by Gasteiger charge is 2.42. The number of hydrogen-bond donors (Lipinski definition) is 1. The minimum atomic E-state index is -4.75. The van der Waals surface area contributed by atoms with E-state index < -0.39 is 29.2 Å². The largest absolute Gasteiger partial charge is 0.497 e. The lowest BCUT2D eigenvalue weighted by molar-refractivity contribution is -0.155. The molecule has 3 rings (SSSR count). The minimum Gasteiger partial charge on any atom is -0.497 e. The van der Waals surface area contributed by atoms with Crippen LogP contribution in [0.4, 0.5) is 13.2 Å². The number of nitrogens with one attached hydrogen (secondary N) is 1. The molecule has 0 fully saturated rings. The van der Waals surface area contributed by atoms with Crippen molar-refractivity contribution in [1.29, 1.82) is 0 Å². The summed E-state index contributed by atoms with van der Waals surface area (Å²) in [5.41, 5.74) is -1.37. The second kappa shape index (κ2) is 7.03. The van der Waals surface area contributed by atoms with Gasteiger partial charge >= 0.3 is 6.18 Å². The van der Waals surface area contributed by atoms with Crippen molar-refractivity contribution in [2.75, 3.05) is 7.11 Å². The first-order chi connectivity index (χ1) is 12.7. The van der Waals surface area contributed by atoms with Crippen LogP contribution in [0, 0.1) is 6.92 Å². The molecule has 0 saturated heterocycles. The number of benzene rings is 1. The van der Waals surface area contributed by atoms with Gasteiger partial charge in [-0.1, -0.05) is 12.1 Å². The number of amides is 1. The smallest absolute Gasteiger partial charge is 0.412 e. The van der Waals surface area contributed by atoms with Crippen LogP contribution in [0.25, 0.3) is 4.96 Å². The van der Waals surface area contributed by atoms with E-state index in [4.69, 9.17) is 4.74 Å². The highest BCUT2D eigenvalue weighted by atomic mass is 32.1. The van der Waals surface area contributed by atoms with Crippen molar-refractivity contribution in [2.45, 2.75) is 19.1 Å². The van der Waals surface area contributed by atoms with Crippen LogP contribution < -0.4 is 15.6 Å². The number of alkyl halides is 3. The van der Waals surface area contributed by atoms with Gasteiger partial charge in [0.15, 0.2) is 11.0 Å². The average molecular weight is 397 g/mol. The molecule has 0 aliphatic rings. The standard InChI is InChI=1S/C17H14F3N3O3S/c1-9-8-23-15(25)12(7-21-16(23)27-9)14(24)22-13(17(18,19)20)10-3-5-11(26-2)6-4-10/h3-8,13H,1-2H3,(H,22,24). The Kier molecular flexibility index (Phi) is 4.92. The quantitative estimate of drug-likeness (QED) is 0.734. The molecule has 142 valence electrons. The van der Waals surface area contributed by atoms with Crippen molar-refractivity contribution >= 4 is 22.2 Å². The van der Waals surface area contributed by atoms with Gasteiger partial charge in [-0.3, -0.25) is 14.0 Å². The summed E-state index contributed by atoms with van der Waals surface area (Å²) in [6.07, 6.45) is -2.28. The third-order valence-corrected chi connectivity index (χ3v) is 4.73. The maximum atomic E-state index is 13.5. The van der Waals surface area contributed by atoms with Crippen molar-refractivity contribution in [3.63, 3.8) is 0 Å². The highest BCUT2D eigenvalue weighted by Crippen LogP contribution is 2.33. The van der Waals surface area contributed by atoms with Gasteiger partial charge in [-0.15, -0.1) is 11.3 Å². The number of nitrogens with zero attached hydrogens (tertiary/aromatic N) is 2. The number of methoxy groups -OCH3 is 1. The summed E-state index contributed by atoms with van der Waals surface area (Å²) < 4.78 is 46.5. The molecule has 6 nitrogen and oxygen atoms in total. The molecule has 10 heteroatoms. The maximum absolute atomic E-state index is 13.5. The summed E-state index contributed by atoms with van der Waals surface area (Å²) in [6, 6.07) is 2.84. The number of ether oxygens (including phenoxy) is 1. The summed E-state index contributed by atoms with van der Waals surface area (Å²) in [6.45, 7) is 1.75. The van der Waals surface area contributed by atoms with E-state index in [-0.39, 0.29) is 5.56 Å². The molecule has 1 atom stereocenters. The summed E-state index contributed by atoms with van der Waals surface area (Å²) >= 11 is 1.23. The van der Waals surface area contributed by atoms with Gasteiger partial charge in [0.1, 0.15) is 11.3 Å². The Bertz CT molecular complexity index is 1040. The molecule has 1 aromatic carbocycles. The molecule has 0 aliphatic heterocycles. The lowest BCUT2D eigenvalue weighted by Gasteiger charge is -2.22. The van der Waals surface area contributed by atoms with Gasteiger partial charge in [-0.25, -0.2) is 4.98 Å². The third kappa shape index (κ3) is 3.80. The van der Waals surface area contributed by atoms with E-state index in [1.54, 1.807) is 6.92 Å². The first-order valence-electron chi connectivity index (χ1n) is 7.70. The van der Waals surface area contributed by atoms with Gasteiger partial charge in [0.05, 0.1) is 7.11 Å². The Hall–Kier alpha value is -2.88. The van der Waals surface area contributed by atoms with E-state index in [0.29, 0.717) is 10.7 Å². The number of carbonyl (C=O) groups is 1. The van der Waals surface area contributed by atoms with E-state index in [2.05, 4.69) is 4.98 Å². The molecule has 0 aliphatic carbocycles. The SMILES string of the molecule is COc1ccc(C(NC(=O)c2cnc3sc(C)cn3c2=O)C(F)(F)F)cc1. The molecular weight excluding hydrogens is 383 g/mol. The molecule has 2 aromatic heterocycles. The summed E-state index contributed by atoms with van der Waals surface area (Å²) in [5, 5.41) is 1.88. The first-order valence-corrected chi connectivity index (χ1v) is 8.51. The zero-order valence-electron chi connectivity index (χ0n) is 14.2. The van der Waals surface area contributed by atoms with E-state index in [1.807, 2.05) is 5.32 Å². The summed E-state index contributed by atoms with van der Waals surface area (Å²) in [5.74, 6) is -0.768. The van der Waals surface area contributed by atoms with Gasteiger partial charge in [-0.2, -0.15) is 13.2 Å². The van der Waals surface area contributed by atoms with Crippen LogP contribution in [0.5, 0.6) is 5.75 Å². The number of carbonyl (C=O) groups excluding carboxylic acids is 1.